The highest BCUT2D eigenvalue weighted by Gasteiger charge is 2.14. The first-order chi connectivity index (χ1) is 10.6. The van der Waals surface area contributed by atoms with Crippen molar-refractivity contribution in [1.29, 1.82) is 0 Å². The Kier molecular flexibility index (Phi) is 6.25. The summed E-state index contributed by atoms with van der Waals surface area (Å²) in [5, 5.41) is 3.81. The molecule has 116 valence electrons. The predicted molar refractivity (Wildman–Crippen MR) is 91.3 cm³/mol. The van der Waals surface area contributed by atoms with Crippen molar-refractivity contribution in [1.82, 2.24) is 5.32 Å². The number of carbonyl (C=O) groups is 1. The number of amides is 1. The maximum Gasteiger partial charge on any atom is 0.237 e. The summed E-state index contributed by atoms with van der Waals surface area (Å²) in [5.41, 5.74) is 8.00. The summed E-state index contributed by atoms with van der Waals surface area (Å²) in [7, 11) is 0. The number of nitrogens with two attached hydrogens (primary N) is 1. The molecule has 0 unspecified atom stereocenters. The van der Waals surface area contributed by atoms with Gasteiger partial charge in [0.2, 0.25) is 5.91 Å². The van der Waals surface area contributed by atoms with Crippen molar-refractivity contribution in [3.05, 3.63) is 69.7 Å². The van der Waals surface area contributed by atoms with Crippen LogP contribution in [0.3, 0.4) is 0 Å². The Morgan fingerprint density at radius 3 is 2.45 bits per heavy atom. The first kappa shape index (κ1) is 16.8. The van der Waals surface area contributed by atoms with Gasteiger partial charge in [0.15, 0.2) is 0 Å². The lowest BCUT2D eigenvalue weighted by Gasteiger charge is -2.13. The van der Waals surface area contributed by atoms with Gasteiger partial charge in [0.25, 0.3) is 0 Å². The fourth-order valence-electron chi connectivity index (χ4n) is 2.12. The zero-order chi connectivity index (χ0) is 15.9. The average molecular weight is 337 g/mol. The molecule has 1 atom stereocenters. The summed E-state index contributed by atoms with van der Waals surface area (Å²) < 4.78 is 0. The molecule has 0 aliphatic heterocycles. The molecule has 0 heterocycles. The smallest absolute Gasteiger partial charge is 0.237 e. The van der Waals surface area contributed by atoms with E-state index in [2.05, 4.69) is 5.32 Å². The highest BCUT2D eigenvalue weighted by Crippen LogP contribution is 2.23. The van der Waals surface area contributed by atoms with Crippen LogP contribution in [0, 0.1) is 0 Å². The number of nitrogens with one attached hydrogen (secondary N) is 1. The Morgan fingerprint density at radius 1 is 1.05 bits per heavy atom. The van der Waals surface area contributed by atoms with Crippen LogP contribution >= 0.6 is 23.2 Å². The van der Waals surface area contributed by atoms with Crippen LogP contribution in [0.2, 0.25) is 10.0 Å². The highest BCUT2D eigenvalue weighted by molar-refractivity contribution is 6.42. The Bertz CT molecular complexity index is 632. The van der Waals surface area contributed by atoms with Crippen LogP contribution in [0.15, 0.2) is 48.5 Å². The Hall–Kier alpha value is -1.55. The van der Waals surface area contributed by atoms with Gasteiger partial charge in [-0.05, 0) is 36.1 Å². The van der Waals surface area contributed by atoms with Gasteiger partial charge in [-0.3, -0.25) is 4.79 Å². The van der Waals surface area contributed by atoms with Crippen molar-refractivity contribution in [2.45, 2.75) is 18.9 Å². The van der Waals surface area contributed by atoms with E-state index in [0.717, 1.165) is 12.0 Å². The number of halogens is 2. The van der Waals surface area contributed by atoms with Crippen LogP contribution in [0.5, 0.6) is 0 Å². The van der Waals surface area contributed by atoms with Gasteiger partial charge in [-0.2, -0.15) is 0 Å². The average Bonchev–Trinajstić information content (AvgIpc) is 2.52. The van der Waals surface area contributed by atoms with E-state index in [-0.39, 0.29) is 5.91 Å². The van der Waals surface area contributed by atoms with Gasteiger partial charge in [0.05, 0.1) is 16.1 Å². The van der Waals surface area contributed by atoms with E-state index >= 15 is 0 Å². The zero-order valence-corrected chi connectivity index (χ0v) is 13.6. The van der Waals surface area contributed by atoms with Gasteiger partial charge in [-0.25, -0.2) is 0 Å². The van der Waals surface area contributed by atoms with E-state index < -0.39 is 6.04 Å². The molecule has 0 aromatic heterocycles. The minimum absolute atomic E-state index is 0.165. The molecule has 2 aromatic rings. The first-order valence-electron chi connectivity index (χ1n) is 7.07. The number of rotatable bonds is 6. The highest BCUT2D eigenvalue weighted by atomic mass is 35.5. The lowest BCUT2D eigenvalue weighted by molar-refractivity contribution is -0.122. The largest absolute Gasteiger partial charge is 0.354 e. The molecule has 0 spiro atoms. The first-order valence-corrected chi connectivity index (χ1v) is 7.83. The molecule has 22 heavy (non-hydrogen) atoms. The van der Waals surface area contributed by atoms with E-state index in [4.69, 9.17) is 28.9 Å². The third kappa shape index (κ3) is 5.02. The molecule has 5 heteroatoms. The lowest BCUT2D eigenvalue weighted by atomic mass is 10.1. The SMILES string of the molecule is N[C@H](Cc1ccc(Cl)c(Cl)c1)C(=O)NCCc1ccccc1. The van der Waals surface area contributed by atoms with Crippen molar-refractivity contribution in [2.75, 3.05) is 6.54 Å². The number of carbonyl (C=O) groups excluding carboxylic acids is 1. The van der Waals surface area contributed by atoms with Gasteiger partial charge in [-0.15, -0.1) is 0 Å². The van der Waals surface area contributed by atoms with E-state index in [9.17, 15) is 4.79 Å². The quantitative estimate of drug-likeness (QED) is 0.850. The topological polar surface area (TPSA) is 55.1 Å². The van der Waals surface area contributed by atoms with Crippen molar-refractivity contribution < 1.29 is 4.79 Å². The van der Waals surface area contributed by atoms with Crippen molar-refractivity contribution >= 4 is 29.1 Å². The van der Waals surface area contributed by atoms with Crippen LogP contribution in [-0.2, 0) is 17.6 Å². The summed E-state index contributed by atoms with van der Waals surface area (Å²) in [6.45, 7) is 0.567. The summed E-state index contributed by atoms with van der Waals surface area (Å²) >= 11 is 11.8. The van der Waals surface area contributed by atoms with Crippen LogP contribution < -0.4 is 11.1 Å². The molecule has 1 amide bonds. The fraction of sp³-hybridized carbons (Fsp3) is 0.235. The standard InChI is InChI=1S/C17H18Cl2N2O/c18-14-7-6-13(10-15(14)19)11-16(20)17(22)21-9-8-12-4-2-1-3-5-12/h1-7,10,16H,8-9,11,20H2,(H,21,22)/t16-/m1/s1. The fourth-order valence-corrected chi connectivity index (χ4v) is 2.44. The van der Waals surface area contributed by atoms with Gasteiger partial charge >= 0.3 is 0 Å². The molecule has 2 aromatic carbocycles. The maximum atomic E-state index is 12.0. The van der Waals surface area contributed by atoms with Gasteiger partial charge < -0.3 is 11.1 Å². The molecule has 3 nitrogen and oxygen atoms in total. The summed E-state index contributed by atoms with van der Waals surface area (Å²) in [4.78, 5) is 12.0. The Balaban J connectivity index is 1.80. The molecular formula is C17H18Cl2N2O. The van der Waals surface area contributed by atoms with E-state index in [1.807, 2.05) is 36.4 Å². The summed E-state index contributed by atoms with van der Waals surface area (Å²) in [5.74, 6) is -0.165. The van der Waals surface area contributed by atoms with E-state index in [0.29, 0.717) is 23.0 Å². The molecule has 2 rings (SSSR count). The molecule has 0 aliphatic rings. The molecular weight excluding hydrogens is 319 g/mol. The third-order valence-corrected chi connectivity index (χ3v) is 4.07. The van der Waals surface area contributed by atoms with Gasteiger partial charge in [0.1, 0.15) is 0 Å². The molecule has 0 saturated heterocycles. The minimum atomic E-state index is -0.604. The minimum Gasteiger partial charge on any atom is -0.354 e. The summed E-state index contributed by atoms with van der Waals surface area (Å²) in [6.07, 6.45) is 1.21. The van der Waals surface area contributed by atoms with Crippen molar-refractivity contribution in [3.8, 4) is 0 Å². The number of hydrogen-bond donors (Lipinski definition) is 2. The van der Waals surface area contributed by atoms with E-state index in [1.54, 1.807) is 12.1 Å². The summed E-state index contributed by atoms with van der Waals surface area (Å²) in [6, 6.07) is 14.7. The number of hydrogen-bond acceptors (Lipinski definition) is 2. The van der Waals surface area contributed by atoms with Crippen LogP contribution in [0.1, 0.15) is 11.1 Å². The second kappa shape index (κ2) is 8.18. The predicted octanol–water partition coefficient (Wildman–Crippen LogP) is 3.22. The third-order valence-electron chi connectivity index (χ3n) is 3.33. The Morgan fingerprint density at radius 2 is 1.77 bits per heavy atom. The monoisotopic (exact) mass is 336 g/mol. The molecule has 0 fully saturated rings. The molecule has 0 aliphatic carbocycles. The Labute approximate surface area is 140 Å². The van der Waals surface area contributed by atoms with Gasteiger partial charge in [0, 0.05) is 6.54 Å². The van der Waals surface area contributed by atoms with Crippen LogP contribution in [-0.4, -0.2) is 18.5 Å². The second-order valence-corrected chi connectivity index (χ2v) is 5.90. The number of benzene rings is 2. The zero-order valence-electron chi connectivity index (χ0n) is 12.1. The second-order valence-electron chi connectivity index (χ2n) is 5.09. The molecule has 0 radical (unpaired) electrons. The van der Waals surface area contributed by atoms with Crippen molar-refractivity contribution in [2.24, 2.45) is 5.73 Å². The molecule has 0 saturated carbocycles. The molecule has 3 N–H and O–H groups in total. The van der Waals surface area contributed by atoms with Crippen LogP contribution in [0.4, 0.5) is 0 Å². The van der Waals surface area contributed by atoms with Gasteiger partial charge in [-0.1, -0.05) is 59.6 Å². The maximum absolute atomic E-state index is 12.0. The van der Waals surface area contributed by atoms with Crippen LogP contribution in [0.25, 0.3) is 0 Å². The van der Waals surface area contributed by atoms with Crippen molar-refractivity contribution in [3.63, 3.8) is 0 Å². The van der Waals surface area contributed by atoms with E-state index in [1.165, 1.54) is 5.56 Å². The molecule has 0 bridgehead atoms. The normalized spacial score (nSPS) is 12.0. The lowest BCUT2D eigenvalue weighted by Crippen LogP contribution is -2.42.